The van der Waals surface area contributed by atoms with Crippen molar-refractivity contribution in [1.82, 2.24) is 14.5 Å². The molecule has 1 aliphatic heterocycles. The lowest BCUT2D eigenvalue weighted by molar-refractivity contribution is -0.137. The number of esters is 1. The number of ether oxygens (including phenoxy) is 1. The predicted octanol–water partition coefficient (Wildman–Crippen LogP) is -0.168. The molecule has 27 heavy (non-hydrogen) atoms. The number of carbonyl (C=O) groups is 3. The van der Waals surface area contributed by atoms with Crippen molar-refractivity contribution in [2.24, 2.45) is 0 Å². The van der Waals surface area contributed by atoms with Crippen LogP contribution < -0.4 is 5.32 Å². The van der Waals surface area contributed by atoms with Gasteiger partial charge in [-0.1, -0.05) is 6.07 Å². The Bertz CT molecular complexity index is 818. The van der Waals surface area contributed by atoms with E-state index in [1.165, 1.54) is 42.7 Å². The van der Waals surface area contributed by atoms with Gasteiger partial charge in [-0.05, 0) is 31.0 Å². The smallest absolute Gasteiger partial charge is 0.338 e. The summed E-state index contributed by atoms with van der Waals surface area (Å²) >= 11 is 0. The summed E-state index contributed by atoms with van der Waals surface area (Å²) in [5.41, 5.74) is 0.0389. The van der Waals surface area contributed by atoms with Crippen LogP contribution >= 0.6 is 0 Å². The number of hydrogen-bond donors (Lipinski definition) is 1. The molecule has 0 atom stereocenters. The van der Waals surface area contributed by atoms with Gasteiger partial charge < -0.3 is 15.0 Å². The molecule has 1 fully saturated rings. The zero-order chi connectivity index (χ0) is 20.0. The highest BCUT2D eigenvalue weighted by atomic mass is 32.2. The van der Waals surface area contributed by atoms with Crippen LogP contribution in [-0.2, 0) is 24.3 Å². The molecule has 1 saturated heterocycles. The van der Waals surface area contributed by atoms with E-state index in [4.69, 9.17) is 4.74 Å². The normalized spacial score (nSPS) is 14.6. The van der Waals surface area contributed by atoms with E-state index >= 15 is 0 Å². The predicted molar refractivity (Wildman–Crippen MR) is 96.4 cm³/mol. The van der Waals surface area contributed by atoms with Crippen molar-refractivity contribution in [2.45, 2.75) is 17.7 Å². The van der Waals surface area contributed by atoms with Gasteiger partial charge in [-0.3, -0.25) is 9.59 Å². The van der Waals surface area contributed by atoms with Crippen molar-refractivity contribution in [3.63, 3.8) is 0 Å². The third-order valence-electron chi connectivity index (χ3n) is 4.18. The first-order chi connectivity index (χ1) is 12.8. The number of nitrogens with one attached hydrogen (secondary N) is 1. The molecule has 0 aliphatic carbocycles. The second-order valence-corrected chi connectivity index (χ2v) is 8.08. The molecule has 1 heterocycles. The summed E-state index contributed by atoms with van der Waals surface area (Å²) < 4.78 is 31.5. The quantitative estimate of drug-likeness (QED) is 0.640. The van der Waals surface area contributed by atoms with Gasteiger partial charge >= 0.3 is 5.97 Å². The van der Waals surface area contributed by atoms with E-state index in [0.29, 0.717) is 13.1 Å². The van der Waals surface area contributed by atoms with Crippen molar-refractivity contribution in [2.75, 3.05) is 40.3 Å². The Balaban J connectivity index is 2.01. The van der Waals surface area contributed by atoms with E-state index in [9.17, 15) is 22.8 Å². The molecule has 0 aromatic heterocycles. The Kier molecular flexibility index (Phi) is 6.92. The van der Waals surface area contributed by atoms with Crippen LogP contribution in [0.5, 0.6) is 0 Å². The van der Waals surface area contributed by atoms with Crippen molar-refractivity contribution < 1.29 is 27.5 Å². The minimum absolute atomic E-state index is 0.0157. The highest BCUT2D eigenvalue weighted by molar-refractivity contribution is 7.89. The van der Waals surface area contributed by atoms with Crippen LogP contribution in [0.4, 0.5) is 0 Å². The molecular formula is C17H23N3O6S. The van der Waals surface area contributed by atoms with E-state index in [2.05, 4.69) is 5.32 Å². The van der Waals surface area contributed by atoms with E-state index in [0.717, 1.165) is 17.7 Å². The molecule has 1 aliphatic rings. The lowest BCUT2D eigenvalue weighted by Crippen LogP contribution is -2.39. The highest BCUT2D eigenvalue weighted by Gasteiger charge is 2.27. The van der Waals surface area contributed by atoms with Gasteiger partial charge in [-0.2, -0.15) is 4.31 Å². The molecule has 10 heteroatoms. The van der Waals surface area contributed by atoms with E-state index < -0.39 is 28.5 Å². The fourth-order valence-electron chi connectivity index (χ4n) is 2.56. The number of hydrogen-bond acceptors (Lipinski definition) is 6. The van der Waals surface area contributed by atoms with Gasteiger partial charge in [0.05, 0.1) is 17.0 Å². The van der Waals surface area contributed by atoms with Gasteiger partial charge in [0.25, 0.3) is 5.91 Å². The molecule has 0 saturated carbocycles. The van der Waals surface area contributed by atoms with Crippen molar-refractivity contribution in [3.05, 3.63) is 29.8 Å². The molecule has 1 aromatic rings. The Morgan fingerprint density at radius 1 is 1.22 bits per heavy atom. The fourth-order valence-corrected chi connectivity index (χ4v) is 4.13. The number of carbonyl (C=O) groups excluding carboxylic acids is 3. The van der Waals surface area contributed by atoms with Gasteiger partial charge in [-0.15, -0.1) is 0 Å². The molecule has 148 valence electrons. The minimum Gasteiger partial charge on any atom is -0.452 e. The summed E-state index contributed by atoms with van der Waals surface area (Å²) in [7, 11) is -0.790. The Labute approximate surface area is 158 Å². The molecule has 2 amide bonds. The topological polar surface area (TPSA) is 113 Å². The number of amides is 2. The van der Waals surface area contributed by atoms with E-state index in [1.54, 1.807) is 0 Å². The molecule has 1 N–H and O–H groups in total. The molecule has 1 aromatic carbocycles. The maximum atomic E-state index is 12.6. The Morgan fingerprint density at radius 2 is 1.89 bits per heavy atom. The summed E-state index contributed by atoms with van der Waals surface area (Å²) in [6.07, 6.45) is 1.62. The number of nitrogens with zero attached hydrogens (tertiary/aromatic N) is 2. The van der Waals surface area contributed by atoms with Crippen LogP contribution in [0, 0.1) is 0 Å². The van der Waals surface area contributed by atoms with Gasteiger partial charge in [0.2, 0.25) is 15.9 Å². The number of sulfonamides is 1. The van der Waals surface area contributed by atoms with Gasteiger partial charge in [-0.25, -0.2) is 13.2 Å². The average Bonchev–Trinajstić information content (AvgIpc) is 3.21. The molecule has 0 unspecified atom stereocenters. The largest absolute Gasteiger partial charge is 0.452 e. The van der Waals surface area contributed by atoms with Crippen molar-refractivity contribution in [3.8, 4) is 0 Å². The fraction of sp³-hybridized carbons (Fsp3) is 0.471. The molecule has 0 radical (unpaired) electrons. The molecule has 9 nitrogen and oxygen atoms in total. The van der Waals surface area contributed by atoms with Crippen LogP contribution in [0.1, 0.15) is 23.2 Å². The van der Waals surface area contributed by atoms with Crippen LogP contribution in [0.15, 0.2) is 29.2 Å². The number of rotatable bonds is 7. The van der Waals surface area contributed by atoms with E-state index in [-0.39, 0.29) is 22.9 Å². The maximum absolute atomic E-state index is 12.6. The summed E-state index contributed by atoms with van der Waals surface area (Å²) in [5.74, 6) is -1.71. The highest BCUT2D eigenvalue weighted by Crippen LogP contribution is 2.21. The second-order valence-electron chi connectivity index (χ2n) is 6.14. The standard InChI is InChI=1S/C17H23N3O6S/c1-18-15(21)11-19(2)16(22)12-26-17(23)13-6-5-7-14(10-13)27(24,25)20-8-3-4-9-20/h5-7,10H,3-4,8-9,11-12H2,1-2H3,(H,18,21). The lowest BCUT2D eigenvalue weighted by atomic mass is 10.2. The Morgan fingerprint density at radius 3 is 2.52 bits per heavy atom. The first kappa shape index (κ1) is 20.8. The van der Waals surface area contributed by atoms with Crippen molar-refractivity contribution >= 4 is 27.8 Å². The van der Waals surface area contributed by atoms with Crippen LogP contribution in [-0.4, -0.2) is 75.7 Å². The van der Waals surface area contributed by atoms with Crippen LogP contribution in [0.25, 0.3) is 0 Å². The third-order valence-corrected chi connectivity index (χ3v) is 6.08. The summed E-state index contributed by atoms with van der Waals surface area (Å²) in [6.45, 7) is 0.220. The SMILES string of the molecule is CNC(=O)CN(C)C(=O)COC(=O)c1cccc(S(=O)(=O)N2CCCC2)c1. The summed E-state index contributed by atoms with van der Waals surface area (Å²) in [6, 6.07) is 5.55. The molecular weight excluding hydrogens is 374 g/mol. The Hall–Kier alpha value is -2.46. The second kappa shape index (κ2) is 8.96. The molecule has 2 rings (SSSR count). The zero-order valence-corrected chi connectivity index (χ0v) is 16.1. The van der Waals surface area contributed by atoms with E-state index in [1.807, 2.05) is 0 Å². The van der Waals surface area contributed by atoms with Crippen molar-refractivity contribution in [1.29, 1.82) is 0 Å². The van der Waals surface area contributed by atoms with Crippen LogP contribution in [0.2, 0.25) is 0 Å². The molecule has 0 bridgehead atoms. The maximum Gasteiger partial charge on any atom is 0.338 e. The first-order valence-electron chi connectivity index (χ1n) is 8.47. The molecule has 0 spiro atoms. The lowest BCUT2D eigenvalue weighted by Gasteiger charge is -2.17. The van der Waals surface area contributed by atoms with Gasteiger partial charge in [0.15, 0.2) is 6.61 Å². The number of likely N-dealkylation sites (N-methyl/N-ethyl adjacent to an activating group) is 2. The first-order valence-corrected chi connectivity index (χ1v) is 9.91. The van der Waals surface area contributed by atoms with Gasteiger partial charge in [0.1, 0.15) is 0 Å². The summed E-state index contributed by atoms with van der Waals surface area (Å²) in [4.78, 5) is 36.5. The third kappa shape index (κ3) is 5.27. The van der Waals surface area contributed by atoms with Gasteiger partial charge in [0, 0.05) is 27.2 Å². The number of benzene rings is 1. The van der Waals surface area contributed by atoms with Crippen LogP contribution in [0.3, 0.4) is 0 Å². The minimum atomic E-state index is -3.65. The zero-order valence-electron chi connectivity index (χ0n) is 15.3. The monoisotopic (exact) mass is 397 g/mol. The summed E-state index contributed by atoms with van der Waals surface area (Å²) in [5, 5.41) is 2.38. The average molecular weight is 397 g/mol.